The van der Waals surface area contributed by atoms with Crippen LogP contribution in [0, 0.1) is 18.3 Å². The molecular formula is C11H15N5O. The lowest BCUT2D eigenvalue weighted by Gasteiger charge is -2.23. The number of rotatable bonds is 3. The van der Waals surface area contributed by atoms with Crippen molar-refractivity contribution in [2.24, 2.45) is 0 Å². The van der Waals surface area contributed by atoms with Crippen molar-refractivity contribution in [2.75, 3.05) is 31.6 Å². The molecule has 0 aromatic carbocycles. The molecule has 0 saturated carbocycles. The van der Waals surface area contributed by atoms with Gasteiger partial charge in [0.15, 0.2) is 0 Å². The molecule has 1 aliphatic rings. The second-order valence-corrected chi connectivity index (χ2v) is 3.91. The molecule has 1 saturated heterocycles. The zero-order valence-corrected chi connectivity index (χ0v) is 9.73. The van der Waals surface area contributed by atoms with E-state index in [4.69, 9.17) is 10.00 Å². The number of aromatic nitrogens is 2. The van der Waals surface area contributed by atoms with Crippen molar-refractivity contribution in [3.63, 3.8) is 0 Å². The van der Waals surface area contributed by atoms with Crippen LogP contribution in [0.3, 0.4) is 0 Å². The Morgan fingerprint density at radius 2 is 2.53 bits per heavy atom. The summed E-state index contributed by atoms with van der Waals surface area (Å²) in [4.78, 5) is 8.29. The number of nitrogens with one attached hydrogen (secondary N) is 2. The van der Waals surface area contributed by atoms with E-state index in [-0.39, 0.29) is 6.10 Å². The van der Waals surface area contributed by atoms with Crippen LogP contribution >= 0.6 is 0 Å². The van der Waals surface area contributed by atoms with Crippen molar-refractivity contribution in [3.05, 3.63) is 17.5 Å². The molecule has 0 aliphatic carbocycles. The lowest BCUT2D eigenvalue weighted by Crippen LogP contribution is -2.42. The van der Waals surface area contributed by atoms with E-state index >= 15 is 0 Å². The van der Waals surface area contributed by atoms with Gasteiger partial charge in [-0.2, -0.15) is 5.26 Å². The molecule has 2 heterocycles. The Morgan fingerprint density at radius 3 is 3.24 bits per heavy atom. The van der Waals surface area contributed by atoms with Crippen molar-refractivity contribution < 1.29 is 4.74 Å². The number of nitrogens with zero attached hydrogens (tertiary/aromatic N) is 3. The van der Waals surface area contributed by atoms with Crippen molar-refractivity contribution in [1.82, 2.24) is 15.3 Å². The fourth-order valence-electron chi connectivity index (χ4n) is 1.66. The van der Waals surface area contributed by atoms with E-state index in [0.717, 1.165) is 25.4 Å². The van der Waals surface area contributed by atoms with E-state index in [9.17, 15) is 0 Å². The normalized spacial score (nSPS) is 19.6. The molecule has 6 heteroatoms. The number of aryl methyl sites for hydroxylation is 1. The van der Waals surface area contributed by atoms with Crippen LogP contribution in [0.2, 0.25) is 0 Å². The summed E-state index contributed by atoms with van der Waals surface area (Å²) >= 11 is 0. The van der Waals surface area contributed by atoms with Crippen LogP contribution in [-0.4, -0.2) is 42.3 Å². The summed E-state index contributed by atoms with van der Waals surface area (Å²) in [7, 11) is 0. The van der Waals surface area contributed by atoms with Crippen molar-refractivity contribution >= 4 is 5.95 Å². The molecule has 1 aliphatic heterocycles. The number of hydrogen-bond acceptors (Lipinski definition) is 6. The number of anilines is 1. The van der Waals surface area contributed by atoms with Crippen LogP contribution in [0.1, 0.15) is 11.4 Å². The van der Waals surface area contributed by atoms with E-state index in [2.05, 4.69) is 20.6 Å². The molecule has 0 bridgehead atoms. The SMILES string of the molecule is Cc1cc(C#N)nc(NCC2CNCCO2)n1. The van der Waals surface area contributed by atoms with Crippen LogP contribution in [0.25, 0.3) is 0 Å². The molecular weight excluding hydrogens is 218 g/mol. The van der Waals surface area contributed by atoms with Crippen molar-refractivity contribution in [2.45, 2.75) is 13.0 Å². The zero-order valence-electron chi connectivity index (χ0n) is 9.73. The molecule has 0 radical (unpaired) electrons. The Hall–Kier alpha value is -1.71. The first-order valence-corrected chi connectivity index (χ1v) is 5.60. The number of hydrogen-bond donors (Lipinski definition) is 2. The van der Waals surface area contributed by atoms with Crippen LogP contribution in [-0.2, 0) is 4.74 Å². The van der Waals surface area contributed by atoms with Crippen molar-refractivity contribution in [1.29, 1.82) is 5.26 Å². The molecule has 1 fully saturated rings. The number of morpholine rings is 1. The maximum Gasteiger partial charge on any atom is 0.224 e. The minimum atomic E-state index is 0.124. The molecule has 0 amide bonds. The third kappa shape index (κ3) is 3.37. The number of ether oxygens (including phenoxy) is 1. The average Bonchev–Trinajstić information content (AvgIpc) is 2.37. The highest BCUT2D eigenvalue weighted by Crippen LogP contribution is 2.05. The first-order valence-electron chi connectivity index (χ1n) is 5.60. The minimum absolute atomic E-state index is 0.124. The summed E-state index contributed by atoms with van der Waals surface area (Å²) in [6.07, 6.45) is 0.124. The molecule has 6 nitrogen and oxygen atoms in total. The van der Waals surface area contributed by atoms with Gasteiger partial charge in [-0.3, -0.25) is 0 Å². The Kier molecular flexibility index (Phi) is 3.85. The Bertz CT molecular complexity index is 422. The van der Waals surface area contributed by atoms with E-state index in [0.29, 0.717) is 18.2 Å². The summed E-state index contributed by atoms with van der Waals surface area (Å²) in [5.74, 6) is 0.482. The van der Waals surface area contributed by atoms with Gasteiger partial charge in [-0.25, -0.2) is 9.97 Å². The van der Waals surface area contributed by atoms with E-state index in [1.165, 1.54) is 0 Å². The van der Waals surface area contributed by atoms with E-state index in [1.807, 2.05) is 13.0 Å². The summed E-state index contributed by atoms with van der Waals surface area (Å²) in [6.45, 7) is 4.93. The standard InChI is InChI=1S/C11H15N5O/c1-8-4-9(5-12)16-11(15-8)14-7-10-6-13-2-3-17-10/h4,10,13H,2-3,6-7H2,1H3,(H,14,15,16). The van der Waals surface area contributed by atoms with Gasteiger partial charge in [-0.05, 0) is 13.0 Å². The quantitative estimate of drug-likeness (QED) is 0.768. The highest BCUT2D eigenvalue weighted by molar-refractivity contribution is 5.33. The lowest BCUT2D eigenvalue weighted by atomic mass is 10.3. The Labute approximate surface area is 100 Å². The maximum atomic E-state index is 8.80. The Balaban J connectivity index is 1.94. The first-order chi connectivity index (χ1) is 8.28. The van der Waals surface area contributed by atoms with Gasteiger partial charge in [-0.1, -0.05) is 0 Å². The topological polar surface area (TPSA) is 82.9 Å². The second kappa shape index (κ2) is 5.57. The predicted octanol–water partition coefficient (Wildman–Crippen LogP) is 0.0570. The summed E-state index contributed by atoms with van der Waals surface area (Å²) in [5.41, 5.74) is 1.16. The number of nitriles is 1. The molecule has 90 valence electrons. The van der Waals surface area contributed by atoms with E-state index in [1.54, 1.807) is 6.07 Å². The van der Waals surface area contributed by atoms with Gasteiger partial charge < -0.3 is 15.4 Å². The fourth-order valence-corrected chi connectivity index (χ4v) is 1.66. The van der Waals surface area contributed by atoms with Gasteiger partial charge >= 0.3 is 0 Å². The van der Waals surface area contributed by atoms with Gasteiger partial charge in [-0.15, -0.1) is 0 Å². The smallest absolute Gasteiger partial charge is 0.224 e. The van der Waals surface area contributed by atoms with Gasteiger partial charge in [0.05, 0.1) is 12.7 Å². The Morgan fingerprint density at radius 1 is 1.65 bits per heavy atom. The molecule has 1 aromatic heterocycles. The lowest BCUT2D eigenvalue weighted by molar-refractivity contribution is 0.0371. The highest BCUT2D eigenvalue weighted by atomic mass is 16.5. The molecule has 1 atom stereocenters. The predicted molar refractivity (Wildman–Crippen MR) is 62.6 cm³/mol. The molecule has 2 N–H and O–H groups in total. The summed E-state index contributed by atoms with van der Waals surface area (Å²) in [5, 5.41) is 15.1. The minimum Gasteiger partial charge on any atom is -0.374 e. The molecule has 1 unspecified atom stereocenters. The fraction of sp³-hybridized carbons (Fsp3) is 0.545. The van der Waals surface area contributed by atoms with Crippen LogP contribution in [0.5, 0.6) is 0 Å². The monoisotopic (exact) mass is 233 g/mol. The highest BCUT2D eigenvalue weighted by Gasteiger charge is 2.13. The largest absolute Gasteiger partial charge is 0.374 e. The molecule has 17 heavy (non-hydrogen) atoms. The van der Waals surface area contributed by atoms with Crippen LogP contribution < -0.4 is 10.6 Å². The maximum absolute atomic E-state index is 8.80. The van der Waals surface area contributed by atoms with Gasteiger partial charge in [0.1, 0.15) is 11.8 Å². The van der Waals surface area contributed by atoms with Gasteiger partial charge in [0.2, 0.25) is 5.95 Å². The van der Waals surface area contributed by atoms with Gasteiger partial charge in [0.25, 0.3) is 0 Å². The van der Waals surface area contributed by atoms with Crippen LogP contribution in [0.4, 0.5) is 5.95 Å². The van der Waals surface area contributed by atoms with Crippen molar-refractivity contribution in [3.8, 4) is 6.07 Å². The van der Waals surface area contributed by atoms with Gasteiger partial charge in [0, 0.05) is 25.3 Å². The zero-order chi connectivity index (χ0) is 12.1. The first kappa shape index (κ1) is 11.8. The van der Waals surface area contributed by atoms with Crippen LogP contribution in [0.15, 0.2) is 6.07 Å². The average molecular weight is 233 g/mol. The summed E-state index contributed by atoms with van der Waals surface area (Å²) < 4.78 is 5.54. The third-order valence-corrected chi connectivity index (χ3v) is 2.46. The molecule has 1 aromatic rings. The third-order valence-electron chi connectivity index (χ3n) is 2.46. The van der Waals surface area contributed by atoms with E-state index < -0.39 is 0 Å². The summed E-state index contributed by atoms with van der Waals surface area (Å²) in [6, 6.07) is 3.67. The second-order valence-electron chi connectivity index (χ2n) is 3.91. The molecule has 0 spiro atoms. The molecule has 2 rings (SSSR count).